The minimum absolute atomic E-state index is 0.515. The Morgan fingerprint density at radius 3 is 2.69 bits per heavy atom. The molecule has 0 spiro atoms. The molecule has 0 amide bonds. The van der Waals surface area contributed by atoms with Crippen LogP contribution in [0.4, 0.5) is 0 Å². The molecule has 0 aliphatic rings. The predicted octanol–water partition coefficient (Wildman–Crippen LogP) is 5.45. The van der Waals surface area contributed by atoms with E-state index in [1.807, 2.05) is 43.3 Å². The number of benzene rings is 2. The number of ether oxygens (including phenoxy) is 1. The molecular formula is C20H22ClN3OS. The second-order valence-corrected chi connectivity index (χ2v) is 7.33. The number of likely N-dealkylation sites (N-methyl/N-ethyl adjacent to an activating group) is 1. The first kappa shape index (κ1) is 18.8. The van der Waals surface area contributed by atoms with E-state index >= 15 is 0 Å². The molecule has 0 aliphatic heterocycles. The highest BCUT2D eigenvalue weighted by atomic mass is 35.5. The number of aryl methyl sites for hydroxylation is 1. The highest BCUT2D eigenvalue weighted by Crippen LogP contribution is 2.32. The van der Waals surface area contributed by atoms with Gasteiger partial charge in [-0.15, -0.1) is 0 Å². The van der Waals surface area contributed by atoms with Gasteiger partial charge in [-0.1, -0.05) is 54.9 Å². The van der Waals surface area contributed by atoms with Crippen LogP contribution in [0.2, 0.25) is 5.02 Å². The molecule has 0 radical (unpaired) electrons. The van der Waals surface area contributed by atoms with Crippen molar-refractivity contribution in [3.8, 4) is 22.3 Å². The van der Waals surface area contributed by atoms with Crippen LogP contribution in [0.25, 0.3) is 11.4 Å². The van der Waals surface area contributed by atoms with Crippen LogP contribution in [0, 0.1) is 6.92 Å². The van der Waals surface area contributed by atoms with E-state index in [4.69, 9.17) is 16.3 Å². The zero-order valence-electron chi connectivity index (χ0n) is 15.2. The Kier molecular flexibility index (Phi) is 6.25. The Bertz CT molecular complexity index is 867. The summed E-state index contributed by atoms with van der Waals surface area (Å²) in [5.41, 5.74) is 3.16. The topological polar surface area (TPSA) is 38.2 Å². The molecule has 0 saturated heterocycles. The fourth-order valence-corrected chi connectivity index (χ4v) is 3.36. The van der Waals surface area contributed by atoms with Crippen molar-refractivity contribution in [3.05, 3.63) is 58.6 Å². The van der Waals surface area contributed by atoms with Gasteiger partial charge in [-0.25, -0.2) is 0 Å². The summed E-state index contributed by atoms with van der Waals surface area (Å²) in [5.74, 6) is 1.40. The van der Waals surface area contributed by atoms with Crippen molar-refractivity contribution >= 4 is 23.1 Å². The Hall–Kier alpha value is -1.95. The summed E-state index contributed by atoms with van der Waals surface area (Å²) in [6.45, 7) is 6.18. The lowest BCUT2D eigenvalue weighted by Crippen LogP contribution is -2.20. The van der Waals surface area contributed by atoms with Gasteiger partial charge in [0.05, 0.1) is 0 Å². The highest BCUT2D eigenvalue weighted by molar-refractivity contribution is 7.07. The van der Waals surface area contributed by atoms with Crippen LogP contribution in [0.1, 0.15) is 18.1 Å². The number of halogens is 1. The number of aromatic nitrogens is 2. The molecule has 3 aromatic rings. The minimum atomic E-state index is 0.515. The third-order valence-corrected chi connectivity index (χ3v) is 5.23. The van der Waals surface area contributed by atoms with Gasteiger partial charge < -0.3 is 9.64 Å². The van der Waals surface area contributed by atoms with Crippen LogP contribution in [-0.2, 0) is 6.42 Å². The molecule has 0 fully saturated rings. The van der Waals surface area contributed by atoms with Crippen LogP contribution in [0.3, 0.4) is 0 Å². The monoisotopic (exact) mass is 387 g/mol. The second-order valence-electron chi connectivity index (χ2n) is 6.21. The first-order valence-corrected chi connectivity index (χ1v) is 9.76. The number of hydrogen-bond donors (Lipinski definition) is 0. The van der Waals surface area contributed by atoms with Gasteiger partial charge in [-0.2, -0.15) is 9.36 Å². The summed E-state index contributed by atoms with van der Waals surface area (Å²) < 4.78 is 10.3. The molecule has 1 aromatic heterocycles. The van der Waals surface area contributed by atoms with Crippen molar-refractivity contribution in [1.29, 1.82) is 0 Å². The van der Waals surface area contributed by atoms with Crippen molar-refractivity contribution in [1.82, 2.24) is 14.3 Å². The molecule has 0 aliphatic carbocycles. The molecule has 3 rings (SSSR count). The number of nitrogens with zero attached hydrogens (tertiary/aromatic N) is 3. The maximum atomic E-state index is 6.46. The van der Waals surface area contributed by atoms with Crippen LogP contribution in [-0.4, -0.2) is 34.4 Å². The molecule has 2 aromatic carbocycles. The summed E-state index contributed by atoms with van der Waals surface area (Å²) in [4.78, 5) is 6.74. The lowest BCUT2D eigenvalue weighted by Gasteiger charge is -2.15. The SMILES string of the molecule is CCN(C)CCc1cc(C)c(Oc2nc(-c3ccccc3)ns2)cc1Cl. The third-order valence-electron chi connectivity index (χ3n) is 4.28. The van der Waals surface area contributed by atoms with Crippen LogP contribution >= 0.6 is 23.1 Å². The van der Waals surface area contributed by atoms with Gasteiger partial charge in [0, 0.05) is 34.7 Å². The Morgan fingerprint density at radius 2 is 1.96 bits per heavy atom. The van der Waals surface area contributed by atoms with E-state index in [0.717, 1.165) is 47.0 Å². The summed E-state index contributed by atoms with van der Waals surface area (Å²) in [6, 6.07) is 13.8. The van der Waals surface area contributed by atoms with Gasteiger partial charge >= 0.3 is 0 Å². The Labute approximate surface area is 163 Å². The van der Waals surface area contributed by atoms with Crippen LogP contribution < -0.4 is 4.74 Å². The molecule has 0 N–H and O–H groups in total. The first-order chi connectivity index (χ1) is 12.6. The quantitative estimate of drug-likeness (QED) is 0.540. The van der Waals surface area contributed by atoms with Gasteiger partial charge in [0.25, 0.3) is 5.19 Å². The van der Waals surface area contributed by atoms with Crippen molar-refractivity contribution < 1.29 is 4.74 Å². The van der Waals surface area contributed by atoms with Gasteiger partial charge in [0.1, 0.15) is 5.75 Å². The normalized spacial score (nSPS) is 11.1. The van der Waals surface area contributed by atoms with Crippen molar-refractivity contribution in [2.24, 2.45) is 0 Å². The molecule has 136 valence electrons. The zero-order valence-corrected chi connectivity index (χ0v) is 16.8. The Balaban J connectivity index is 1.74. The van der Waals surface area contributed by atoms with E-state index in [1.54, 1.807) is 0 Å². The lowest BCUT2D eigenvalue weighted by atomic mass is 10.1. The van der Waals surface area contributed by atoms with E-state index in [-0.39, 0.29) is 0 Å². The van der Waals surface area contributed by atoms with Crippen molar-refractivity contribution in [2.75, 3.05) is 20.1 Å². The van der Waals surface area contributed by atoms with Gasteiger partial charge in [-0.05, 0) is 38.1 Å². The molecular weight excluding hydrogens is 366 g/mol. The van der Waals surface area contributed by atoms with E-state index < -0.39 is 0 Å². The maximum Gasteiger partial charge on any atom is 0.299 e. The van der Waals surface area contributed by atoms with Crippen molar-refractivity contribution in [3.63, 3.8) is 0 Å². The van der Waals surface area contributed by atoms with E-state index in [1.165, 1.54) is 11.5 Å². The van der Waals surface area contributed by atoms with Gasteiger partial charge in [0.15, 0.2) is 5.82 Å². The average molecular weight is 388 g/mol. The van der Waals surface area contributed by atoms with Gasteiger partial charge in [0.2, 0.25) is 0 Å². The molecule has 4 nitrogen and oxygen atoms in total. The lowest BCUT2D eigenvalue weighted by molar-refractivity contribution is 0.357. The predicted molar refractivity (Wildman–Crippen MR) is 108 cm³/mol. The maximum absolute atomic E-state index is 6.46. The minimum Gasteiger partial charge on any atom is -0.430 e. The summed E-state index contributed by atoms with van der Waals surface area (Å²) in [6.07, 6.45) is 0.918. The highest BCUT2D eigenvalue weighted by Gasteiger charge is 2.12. The summed E-state index contributed by atoms with van der Waals surface area (Å²) in [7, 11) is 2.11. The van der Waals surface area contributed by atoms with E-state index in [9.17, 15) is 0 Å². The summed E-state index contributed by atoms with van der Waals surface area (Å²) in [5, 5.41) is 1.24. The number of rotatable bonds is 7. The number of hydrogen-bond acceptors (Lipinski definition) is 5. The van der Waals surface area contributed by atoms with E-state index in [2.05, 4.69) is 34.3 Å². The molecule has 1 heterocycles. The smallest absolute Gasteiger partial charge is 0.299 e. The zero-order chi connectivity index (χ0) is 18.5. The van der Waals surface area contributed by atoms with Gasteiger partial charge in [-0.3, -0.25) is 0 Å². The Morgan fingerprint density at radius 1 is 1.19 bits per heavy atom. The molecule has 6 heteroatoms. The molecule has 0 saturated carbocycles. The van der Waals surface area contributed by atoms with Crippen LogP contribution in [0.5, 0.6) is 10.9 Å². The fourth-order valence-electron chi connectivity index (χ4n) is 2.54. The molecule has 0 atom stereocenters. The molecule has 0 bridgehead atoms. The van der Waals surface area contributed by atoms with E-state index in [0.29, 0.717) is 11.0 Å². The average Bonchev–Trinajstić information content (AvgIpc) is 3.12. The first-order valence-electron chi connectivity index (χ1n) is 8.61. The third kappa shape index (κ3) is 4.61. The standard InChI is InChI=1S/C20H22ClN3OS/c1-4-24(3)11-10-16-12-14(2)18(13-17(16)21)25-20-22-19(23-26-20)15-8-6-5-7-9-15/h5-9,12-13H,4,10-11H2,1-3H3. The largest absolute Gasteiger partial charge is 0.430 e. The second kappa shape index (κ2) is 8.62. The van der Waals surface area contributed by atoms with Crippen molar-refractivity contribution in [2.45, 2.75) is 20.3 Å². The van der Waals surface area contributed by atoms with Crippen LogP contribution in [0.15, 0.2) is 42.5 Å². The molecule has 26 heavy (non-hydrogen) atoms. The summed E-state index contributed by atoms with van der Waals surface area (Å²) >= 11 is 7.71. The fraction of sp³-hybridized carbons (Fsp3) is 0.300. The molecule has 0 unspecified atom stereocenters.